The monoisotopic (exact) mass is 304 g/mol. The van der Waals surface area contributed by atoms with Crippen LogP contribution in [0.3, 0.4) is 0 Å². The molecule has 0 unspecified atom stereocenters. The van der Waals surface area contributed by atoms with Crippen molar-refractivity contribution in [2.24, 2.45) is 0 Å². The van der Waals surface area contributed by atoms with Crippen molar-refractivity contribution in [3.05, 3.63) is 73.1 Å². The fraction of sp³-hybridized carbons (Fsp3) is 0. The molecule has 0 aliphatic carbocycles. The van der Waals surface area contributed by atoms with Gasteiger partial charge in [-0.1, -0.05) is 18.2 Å². The maximum absolute atomic E-state index is 12.2. The standard InChI is InChI=1S/C17H12N4O2/c22-17(15-9-12-3-1-2-4-14(12)23-15)20-13-5-6-16(19-10-13)21-8-7-18-11-21/h1-11H,(H,20,22). The van der Waals surface area contributed by atoms with Crippen molar-refractivity contribution in [3.8, 4) is 5.82 Å². The molecule has 6 nitrogen and oxygen atoms in total. The van der Waals surface area contributed by atoms with Gasteiger partial charge >= 0.3 is 0 Å². The summed E-state index contributed by atoms with van der Waals surface area (Å²) < 4.78 is 7.32. The van der Waals surface area contributed by atoms with Crippen molar-refractivity contribution >= 4 is 22.6 Å². The van der Waals surface area contributed by atoms with Crippen LogP contribution in [0, 0.1) is 0 Å². The Bertz CT molecular complexity index is 923. The maximum atomic E-state index is 12.2. The summed E-state index contributed by atoms with van der Waals surface area (Å²) in [6.45, 7) is 0. The molecule has 0 spiro atoms. The van der Waals surface area contributed by atoms with Crippen molar-refractivity contribution < 1.29 is 9.21 Å². The van der Waals surface area contributed by atoms with Crippen molar-refractivity contribution in [2.45, 2.75) is 0 Å². The predicted octanol–water partition coefficient (Wildman–Crippen LogP) is 3.27. The summed E-state index contributed by atoms with van der Waals surface area (Å²) in [4.78, 5) is 20.5. The second kappa shape index (κ2) is 5.42. The van der Waals surface area contributed by atoms with Gasteiger partial charge in [-0.2, -0.15) is 0 Å². The lowest BCUT2D eigenvalue weighted by Crippen LogP contribution is -2.11. The first-order valence-corrected chi connectivity index (χ1v) is 7.04. The zero-order chi connectivity index (χ0) is 15.6. The Balaban J connectivity index is 1.54. The van der Waals surface area contributed by atoms with Gasteiger partial charge in [-0.15, -0.1) is 0 Å². The van der Waals surface area contributed by atoms with E-state index in [2.05, 4.69) is 15.3 Å². The van der Waals surface area contributed by atoms with Crippen LogP contribution in [0.1, 0.15) is 10.6 Å². The van der Waals surface area contributed by atoms with Crippen molar-refractivity contribution in [3.63, 3.8) is 0 Å². The molecule has 1 amide bonds. The van der Waals surface area contributed by atoms with Crippen LogP contribution < -0.4 is 5.32 Å². The van der Waals surface area contributed by atoms with Crippen molar-refractivity contribution in [2.75, 3.05) is 5.32 Å². The highest BCUT2D eigenvalue weighted by atomic mass is 16.3. The molecule has 1 aromatic carbocycles. The van der Waals surface area contributed by atoms with E-state index in [1.54, 1.807) is 47.7 Å². The second-order valence-electron chi connectivity index (χ2n) is 4.98. The van der Waals surface area contributed by atoms with E-state index in [9.17, 15) is 4.79 Å². The lowest BCUT2D eigenvalue weighted by Gasteiger charge is -2.04. The first-order chi connectivity index (χ1) is 11.3. The summed E-state index contributed by atoms with van der Waals surface area (Å²) >= 11 is 0. The number of hydrogen-bond donors (Lipinski definition) is 1. The predicted molar refractivity (Wildman–Crippen MR) is 85.5 cm³/mol. The van der Waals surface area contributed by atoms with E-state index in [4.69, 9.17) is 4.42 Å². The number of imidazole rings is 1. The van der Waals surface area contributed by atoms with E-state index in [1.807, 2.05) is 24.3 Å². The number of aromatic nitrogens is 3. The van der Waals surface area contributed by atoms with Crippen LogP contribution >= 0.6 is 0 Å². The minimum absolute atomic E-state index is 0.268. The highest BCUT2D eigenvalue weighted by Crippen LogP contribution is 2.20. The van der Waals surface area contributed by atoms with E-state index in [0.29, 0.717) is 11.3 Å². The average molecular weight is 304 g/mol. The molecule has 1 N–H and O–H groups in total. The summed E-state index contributed by atoms with van der Waals surface area (Å²) in [5, 5.41) is 3.67. The molecule has 0 saturated carbocycles. The van der Waals surface area contributed by atoms with Crippen LogP contribution in [0.25, 0.3) is 16.8 Å². The van der Waals surface area contributed by atoms with Gasteiger partial charge in [-0.3, -0.25) is 9.36 Å². The van der Waals surface area contributed by atoms with Crippen LogP contribution in [0.15, 0.2) is 71.8 Å². The van der Waals surface area contributed by atoms with Crippen molar-refractivity contribution in [1.29, 1.82) is 0 Å². The first-order valence-electron chi connectivity index (χ1n) is 7.04. The molecule has 6 heteroatoms. The highest BCUT2D eigenvalue weighted by molar-refractivity contribution is 6.04. The van der Waals surface area contributed by atoms with Gasteiger partial charge in [0.2, 0.25) is 0 Å². The van der Waals surface area contributed by atoms with E-state index in [-0.39, 0.29) is 11.7 Å². The normalized spacial score (nSPS) is 10.8. The third-order valence-electron chi connectivity index (χ3n) is 3.42. The summed E-state index contributed by atoms with van der Waals surface area (Å²) in [5.41, 5.74) is 1.28. The number of rotatable bonds is 3. The number of benzene rings is 1. The number of carbonyl (C=O) groups excluding carboxylic acids is 1. The average Bonchev–Trinajstić information content (AvgIpc) is 3.25. The molecule has 0 aliphatic rings. The first kappa shape index (κ1) is 13.3. The van der Waals surface area contributed by atoms with Gasteiger partial charge < -0.3 is 9.73 Å². The molecular formula is C17H12N4O2. The minimum Gasteiger partial charge on any atom is -0.451 e. The molecule has 4 aromatic rings. The number of nitrogens with one attached hydrogen (secondary N) is 1. The Labute approximate surface area is 131 Å². The smallest absolute Gasteiger partial charge is 0.291 e. The number of hydrogen-bond acceptors (Lipinski definition) is 4. The Kier molecular flexibility index (Phi) is 3.12. The molecule has 0 fully saturated rings. The number of para-hydroxylation sites is 1. The lowest BCUT2D eigenvalue weighted by molar-refractivity contribution is 0.0998. The Morgan fingerprint density at radius 1 is 1.17 bits per heavy atom. The SMILES string of the molecule is O=C(Nc1ccc(-n2ccnc2)nc1)c1cc2ccccc2o1. The van der Waals surface area contributed by atoms with Crippen molar-refractivity contribution in [1.82, 2.24) is 14.5 Å². The molecule has 3 heterocycles. The van der Waals surface area contributed by atoms with Gasteiger partial charge in [0.15, 0.2) is 5.76 Å². The van der Waals surface area contributed by atoms with Crippen LogP contribution in [-0.2, 0) is 0 Å². The molecule has 0 saturated heterocycles. The van der Waals surface area contributed by atoms with E-state index in [0.717, 1.165) is 11.2 Å². The molecule has 0 atom stereocenters. The van der Waals surface area contributed by atoms with Gasteiger partial charge in [-0.05, 0) is 24.3 Å². The van der Waals surface area contributed by atoms with Gasteiger partial charge in [0.25, 0.3) is 5.91 Å². The van der Waals surface area contributed by atoms with Gasteiger partial charge in [0.1, 0.15) is 17.7 Å². The number of nitrogens with zero attached hydrogens (tertiary/aromatic N) is 3. The fourth-order valence-electron chi connectivity index (χ4n) is 2.29. The maximum Gasteiger partial charge on any atom is 0.291 e. The third kappa shape index (κ3) is 2.57. The molecule has 112 valence electrons. The quantitative estimate of drug-likeness (QED) is 0.630. The number of furan rings is 1. The van der Waals surface area contributed by atoms with Gasteiger partial charge in [0, 0.05) is 17.8 Å². The Morgan fingerprint density at radius 2 is 2.09 bits per heavy atom. The number of anilines is 1. The largest absolute Gasteiger partial charge is 0.451 e. The Hall–Kier alpha value is -3.41. The molecule has 0 radical (unpaired) electrons. The number of amides is 1. The van der Waals surface area contributed by atoms with Gasteiger partial charge in [0.05, 0.1) is 11.9 Å². The zero-order valence-corrected chi connectivity index (χ0v) is 12.0. The molecule has 3 aromatic heterocycles. The van der Waals surface area contributed by atoms with Crippen LogP contribution in [-0.4, -0.2) is 20.4 Å². The topological polar surface area (TPSA) is 73.0 Å². The molecular weight excluding hydrogens is 292 g/mol. The zero-order valence-electron chi connectivity index (χ0n) is 12.0. The summed E-state index contributed by atoms with van der Waals surface area (Å²) in [6, 6.07) is 12.8. The molecule has 0 bridgehead atoms. The summed E-state index contributed by atoms with van der Waals surface area (Å²) in [6.07, 6.45) is 6.73. The Morgan fingerprint density at radius 3 is 2.83 bits per heavy atom. The van der Waals surface area contributed by atoms with E-state index >= 15 is 0 Å². The van der Waals surface area contributed by atoms with Crippen LogP contribution in [0.4, 0.5) is 5.69 Å². The summed E-state index contributed by atoms with van der Waals surface area (Å²) in [5.74, 6) is 0.688. The number of fused-ring (bicyclic) bond motifs is 1. The molecule has 0 aliphatic heterocycles. The third-order valence-corrected chi connectivity index (χ3v) is 3.42. The highest BCUT2D eigenvalue weighted by Gasteiger charge is 2.12. The fourth-order valence-corrected chi connectivity index (χ4v) is 2.29. The lowest BCUT2D eigenvalue weighted by atomic mass is 10.2. The van der Waals surface area contributed by atoms with E-state index in [1.165, 1.54) is 0 Å². The van der Waals surface area contributed by atoms with E-state index < -0.39 is 0 Å². The summed E-state index contributed by atoms with van der Waals surface area (Å²) in [7, 11) is 0. The molecule has 23 heavy (non-hydrogen) atoms. The second-order valence-corrected chi connectivity index (χ2v) is 4.98. The van der Waals surface area contributed by atoms with Crippen LogP contribution in [0.5, 0.6) is 0 Å². The minimum atomic E-state index is -0.307. The van der Waals surface area contributed by atoms with Gasteiger partial charge in [-0.25, -0.2) is 9.97 Å². The van der Waals surface area contributed by atoms with Crippen LogP contribution in [0.2, 0.25) is 0 Å². The molecule has 4 rings (SSSR count). The number of pyridine rings is 1. The number of carbonyl (C=O) groups is 1.